The summed E-state index contributed by atoms with van der Waals surface area (Å²) in [5.74, 6) is 0.389. The molecule has 1 aromatic heterocycles. The maximum atomic E-state index is 12.4. The van der Waals surface area contributed by atoms with Gasteiger partial charge in [-0.25, -0.2) is 0 Å². The highest BCUT2D eigenvalue weighted by Gasteiger charge is 2.28. The van der Waals surface area contributed by atoms with Crippen molar-refractivity contribution in [3.05, 3.63) is 29.6 Å². The molecular formula is C14H24N4O2S. The number of hydrogen-bond donors (Lipinski definition) is 2. The van der Waals surface area contributed by atoms with Gasteiger partial charge in [0.05, 0.1) is 0 Å². The molecule has 0 saturated carbocycles. The first-order valence-electron chi connectivity index (χ1n) is 7.31. The second kappa shape index (κ2) is 7.31. The molecule has 0 amide bonds. The van der Waals surface area contributed by atoms with Gasteiger partial charge in [-0.3, -0.25) is 4.98 Å². The van der Waals surface area contributed by atoms with Crippen molar-refractivity contribution < 1.29 is 8.42 Å². The predicted octanol–water partition coefficient (Wildman–Crippen LogP) is 0.656. The van der Waals surface area contributed by atoms with E-state index < -0.39 is 10.2 Å². The molecule has 1 saturated heterocycles. The fourth-order valence-electron chi connectivity index (χ4n) is 2.64. The lowest BCUT2D eigenvalue weighted by Crippen LogP contribution is -2.47. The van der Waals surface area contributed by atoms with Gasteiger partial charge in [-0.2, -0.15) is 17.4 Å². The zero-order chi connectivity index (χ0) is 15.3. The van der Waals surface area contributed by atoms with Gasteiger partial charge in [0.15, 0.2) is 0 Å². The summed E-state index contributed by atoms with van der Waals surface area (Å²) < 4.78 is 29.0. The first-order valence-corrected chi connectivity index (χ1v) is 8.76. The number of hydrogen-bond acceptors (Lipinski definition) is 4. The lowest BCUT2D eigenvalue weighted by molar-refractivity contribution is 0.261. The third-order valence-corrected chi connectivity index (χ3v) is 5.43. The molecule has 1 aliphatic heterocycles. The molecule has 1 atom stereocenters. The van der Waals surface area contributed by atoms with Gasteiger partial charge in [-0.05, 0) is 56.5 Å². The quantitative estimate of drug-likeness (QED) is 0.809. The average Bonchev–Trinajstić information content (AvgIpc) is 2.47. The van der Waals surface area contributed by atoms with Crippen LogP contribution in [0.15, 0.2) is 18.5 Å². The molecule has 0 radical (unpaired) electrons. The van der Waals surface area contributed by atoms with Crippen molar-refractivity contribution in [2.75, 3.05) is 26.7 Å². The molecule has 118 valence electrons. The molecule has 0 aliphatic carbocycles. The van der Waals surface area contributed by atoms with Crippen LogP contribution in [-0.2, 0) is 16.8 Å². The van der Waals surface area contributed by atoms with E-state index in [0.717, 1.165) is 30.5 Å². The van der Waals surface area contributed by atoms with Crippen molar-refractivity contribution in [2.24, 2.45) is 5.92 Å². The van der Waals surface area contributed by atoms with E-state index in [2.05, 4.69) is 15.0 Å². The third kappa shape index (κ3) is 4.47. The van der Waals surface area contributed by atoms with Crippen LogP contribution >= 0.6 is 0 Å². The van der Waals surface area contributed by atoms with E-state index >= 15 is 0 Å². The molecule has 1 unspecified atom stereocenters. The fraction of sp³-hybridized carbons (Fsp3) is 0.643. The molecule has 6 nitrogen and oxygen atoms in total. The predicted molar refractivity (Wildman–Crippen MR) is 83.0 cm³/mol. The van der Waals surface area contributed by atoms with E-state index in [1.807, 2.05) is 20.0 Å². The highest BCUT2D eigenvalue weighted by molar-refractivity contribution is 7.87. The van der Waals surface area contributed by atoms with E-state index in [9.17, 15) is 8.42 Å². The van der Waals surface area contributed by atoms with Crippen LogP contribution < -0.4 is 10.0 Å². The molecule has 0 spiro atoms. The number of piperidine rings is 1. The lowest BCUT2D eigenvalue weighted by Gasteiger charge is -2.31. The Morgan fingerprint density at radius 3 is 3.00 bits per heavy atom. The molecule has 1 aliphatic rings. The van der Waals surface area contributed by atoms with Gasteiger partial charge in [-0.1, -0.05) is 0 Å². The Bertz CT molecular complexity index is 560. The summed E-state index contributed by atoms with van der Waals surface area (Å²) in [6.07, 6.45) is 5.41. The summed E-state index contributed by atoms with van der Waals surface area (Å²) in [7, 11) is -1.52. The van der Waals surface area contributed by atoms with Crippen LogP contribution in [-0.4, -0.2) is 44.4 Å². The van der Waals surface area contributed by atoms with Gasteiger partial charge in [-0.15, -0.1) is 0 Å². The Hall–Kier alpha value is -1.02. The van der Waals surface area contributed by atoms with Crippen molar-refractivity contribution in [2.45, 2.75) is 26.3 Å². The molecule has 1 fully saturated rings. The minimum absolute atomic E-state index is 0.287. The molecule has 2 heterocycles. The molecule has 0 aromatic carbocycles. The Labute approximate surface area is 127 Å². The van der Waals surface area contributed by atoms with Crippen molar-refractivity contribution in [1.29, 1.82) is 0 Å². The average molecular weight is 312 g/mol. The second-order valence-corrected chi connectivity index (χ2v) is 7.31. The maximum absolute atomic E-state index is 12.4. The van der Waals surface area contributed by atoms with Crippen LogP contribution in [0.4, 0.5) is 0 Å². The molecule has 2 rings (SSSR count). The number of aryl methyl sites for hydroxylation is 1. The molecule has 0 bridgehead atoms. The van der Waals surface area contributed by atoms with Crippen LogP contribution in [0.1, 0.15) is 24.0 Å². The van der Waals surface area contributed by atoms with Gasteiger partial charge in [0.2, 0.25) is 0 Å². The van der Waals surface area contributed by atoms with Gasteiger partial charge in [0, 0.05) is 32.0 Å². The van der Waals surface area contributed by atoms with Gasteiger partial charge in [0.25, 0.3) is 10.2 Å². The SMILES string of the molecule is CNCC1CCCN(S(=O)(=O)NCc2cnccc2C)C1. The third-order valence-electron chi connectivity index (χ3n) is 3.91. The molecule has 2 N–H and O–H groups in total. The number of aromatic nitrogens is 1. The smallest absolute Gasteiger partial charge is 0.279 e. The summed E-state index contributed by atoms with van der Waals surface area (Å²) in [5.41, 5.74) is 1.95. The largest absolute Gasteiger partial charge is 0.319 e. The van der Waals surface area contributed by atoms with E-state index in [-0.39, 0.29) is 6.54 Å². The van der Waals surface area contributed by atoms with E-state index in [4.69, 9.17) is 0 Å². The van der Waals surface area contributed by atoms with Gasteiger partial charge < -0.3 is 5.32 Å². The normalized spacial score (nSPS) is 20.6. The highest BCUT2D eigenvalue weighted by atomic mass is 32.2. The zero-order valence-electron chi connectivity index (χ0n) is 12.7. The Morgan fingerprint density at radius 1 is 1.48 bits per heavy atom. The molecular weight excluding hydrogens is 288 g/mol. The molecule has 7 heteroatoms. The van der Waals surface area contributed by atoms with E-state index in [1.165, 1.54) is 0 Å². The summed E-state index contributed by atoms with van der Waals surface area (Å²) in [6, 6.07) is 1.88. The molecule has 1 aromatic rings. The minimum Gasteiger partial charge on any atom is -0.319 e. The van der Waals surface area contributed by atoms with Crippen LogP contribution in [0.5, 0.6) is 0 Å². The number of rotatable bonds is 6. The number of nitrogens with one attached hydrogen (secondary N) is 2. The van der Waals surface area contributed by atoms with Crippen molar-refractivity contribution >= 4 is 10.2 Å². The van der Waals surface area contributed by atoms with Crippen LogP contribution in [0.2, 0.25) is 0 Å². The van der Waals surface area contributed by atoms with E-state index in [0.29, 0.717) is 19.0 Å². The van der Waals surface area contributed by atoms with Gasteiger partial charge >= 0.3 is 0 Å². The first kappa shape index (κ1) is 16.4. The maximum Gasteiger partial charge on any atom is 0.279 e. The highest BCUT2D eigenvalue weighted by Crippen LogP contribution is 2.18. The summed E-state index contributed by atoms with van der Waals surface area (Å²) in [5, 5.41) is 3.12. The Balaban J connectivity index is 1.96. The van der Waals surface area contributed by atoms with E-state index in [1.54, 1.807) is 16.7 Å². The first-order chi connectivity index (χ1) is 10.0. The topological polar surface area (TPSA) is 74.3 Å². The standard InChI is InChI=1S/C14H24N4O2S/c1-12-5-6-16-9-14(12)10-17-21(19,20)18-7-3-4-13(11-18)8-15-2/h5-6,9,13,15,17H,3-4,7-8,10-11H2,1-2H3. The van der Waals surface area contributed by atoms with Crippen LogP contribution in [0.25, 0.3) is 0 Å². The zero-order valence-corrected chi connectivity index (χ0v) is 13.5. The van der Waals surface area contributed by atoms with Crippen molar-refractivity contribution in [3.8, 4) is 0 Å². The summed E-state index contributed by atoms with van der Waals surface area (Å²) in [4.78, 5) is 4.04. The van der Waals surface area contributed by atoms with Crippen molar-refractivity contribution in [3.63, 3.8) is 0 Å². The van der Waals surface area contributed by atoms with Crippen molar-refractivity contribution in [1.82, 2.24) is 19.3 Å². The van der Waals surface area contributed by atoms with Crippen LogP contribution in [0, 0.1) is 12.8 Å². The van der Waals surface area contributed by atoms with Gasteiger partial charge in [0.1, 0.15) is 0 Å². The minimum atomic E-state index is -3.42. The Kier molecular flexibility index (Phi) is 5.69. The lowest BCUT2D eigenvalue weighted by atomic mass is 10.00. The fourth-order valence-corrected chi connectivity index (χ4v) is 3.94. The Morgan fingerprint density at radius 2 is 2.29 bits per heavy atom. The molecule has 21 heavy (non-hydrogen) atoms. The summed E-state index contributed by atoms with van der Waals surface area (Å²) >= 11 is 0. The second-order valence-electron chi connectivity index (χ2n) is 5.55. The summed E-state index contributed by atoms with van der Waals surface area (Å²) in [6.45, 7) is 4.28. The monoisotopic (exact) mass is 312 g/mol. The number of pyridine rings is 1. The van der Waals surface area contributed by atoms with Crippen LogP contribution in [0.3, 0.4) is 0 Å². The number of nitrogens with zero attached hydrogens (tertiary/aromatic N) is 2.